The van der Waals surface area contributed by atoms with Crippen LogP contribution in [0, 0.1) is 0 Å². The first-order valence-corrected chi connectivity index (χ1v) is 8.37. The molecule has 0 unspecified atom stereocenters. The van der Waals surface area contributed by atoms with Gasteiger partial charge in [0.1, 0.15) is 5.60 Å². The first-order chi connectivity index (χ1) is 10.8. The molecule has 1 heterocycles. The van der Waals surface area contributed by atoms with E-state index in [-0.39, 0.29) is 5.97 Å². The van der Waals surface area contributed by atoms with Crippen molar-refractivity contribution in [1.82, 2.24) is 0 Å². The molecule has 0 N–H and O–H groups in total. The molecule has 0 bridgehead atoms. The second-order valence-electron chi connectivity index (χ2n) is 7.08. The van der Waals surface area contributed by atoms with Crippen LogP contribution in [0.1, 0.15) is 58.9 Å². The van der Waals surface area contributed by atoms with Crippen molar-refractivity contribution >= 4 is 17.8 Å². The van der Waals surface area contributed by atoms with Gasteiger partial charge in [-0.05, 0) is 45.6 Å². The molecule has 1 atom stereocenters. The summed E-state index contributed by atoms with van der Waals surface area (Å²) in [7, 11) is 0. The highest BCUT2D eigenvalue weighted by Gasteiger charge is 2.43. The average molecular weight is 313 g/mol. The highest BCUT2D eigenvalue weighted by atomic mass is 16.6. The Bertz CT molecular complexity index is 596. The third-order valence-electron chi connectivity index (χ3n) is 3.95. The van der Waals surface area contributed by atoms with E-state index in [0.717, 1.165) is 30.5 Å². The molecular weight excluding hydrogens is 286 g/mol. The molecule has 0 saturated carbocycles. The van der Waals surface area contributed by atoms with E-state index < -0.39 is 11.1 Å². The summed E-state index contributed by atoms with van der Waals surface area (Å²) in [5.41, 5.74) is 1.01. The minimum Gasteiger partial charge on any atom is -0.458 e. The maximum absolute atomic E-state index is 12.7. The van der Waals surface area contributed by atoms with E-state index in [0.29, 0.717) is 6.42 Å². The van der Waals surface area contributed by atoms with Gasteiger partial charge in [-0.2, -0.15) is 0 Å². The number of esters is 1. The number of carbonyl (C=O) groups is 1. The second-order valence-corrected chi connectivity index (χ2v) is 7.08. The van der Waals surface area contributed by atoms with Crippen molar-refractivity contribution in [1.29, 1.82) is 0 Å². The standard InChI is InChI=1S/C20H27NO2/c1-5-17-13-15-20(21-17,18(22)23-19(2,3)4)14-9-12-16-10-7-6-8-11-16/h6-12H,5,13-15H2,1-4H3/b12-9+/t20-/m1/s1. The third-order valence-corrected chi connectivity index (χ3v) is 3.95. The van der Waals surface area contributed by atoms with Crippen molar-refractivity contribution in [2.24, 2.45) is 4.99 Å². The number of hydrogen-bond donors (Lipinski definition) is 0. The zero-order valence-corrected chi connectivity index (χ0v) is 14.6. The van der Waals surface area contributed by atoms with Gasteiger partial charge < -0.3 is 4.74 Å². The Kier molecular flexibility index (Phi) is 5.40. The molecular formula is C20H27NO2. The van der Waals surface area contributed by atoms with Crippen LogP contribution in [0.4, 0.5) is 0 Å². The van der Waals surface area contributed by atoms with Gasteiger partial charge in [0.2, 0.25) is 0 Å². The van der Waals surface area contributed by atoms with Gasteiger partial charge >= 0.3 is 5.97 Å². The summed E-state index contributed by atoms with van der Waals surface area (Å²) in [5, 5.41) is 0. The SMILES string of the molecule is CCC1=N[C@@](C/C=C/c2ccccc2)(C(=O)OC(C)(C)C)CC1. The molecule has 23 heavy (non-hydrogen) atoms. The van der Waals surface area contributed by atoms with E-state index in [1.165, 1.54) is 0 Å². The van der Waals surface area contributed by atoms with Gasteiger partial charge in [-0.15, -0.1) is 0 Å². The predicted octanol–water partition coefficient (Wildman–Crippen LogP) is 4.82. The number of aliphatic imine (C=N–C) groups is 1. The Labute approximate surface area is 139 Å². The zero-order valence-electron chi connectivity index (χ0n) is 14.6. The number of hydrogen-bond acceptors (Lipinski definition) is 3. The van der Waals surface area contributed by atoms with E-state index >= 15 is 0 Å². The quantitative estimate of drug-likeness (QED) is 0.731. The summed E-state index contributed by atoms with van der Waals surface area (Å²) in [5.74, 6) is -0.203. The van der Waals surface area contributed by atoms with Gasteiger partial charge in [0.25, 0.3) is 0 Å². The van der Waals surface area contributed by atoms with Crippen LogP contribution in [-0.2, 0) is 9.53 Å². The van der Waals surface area contributed by atoms with Crippen molar-refractivity contribution in [2.75, 3.05) is 0 Å². The molecule has 0 aliphatic carbocycles. The van der Waals surface area contributed by atoms with Gasteiger partial charge in [0.05, 0.1) is 0 Å². The summed E-state index contributed by atoms with van der Waals surface area (Å²) in [6.07, 6.45) is 7.19. The minimum atomic E-state index is -0.746. The molecule has 124 valence electrons. The Balaban J connectivity index is 2.17. The van der Waals surface area contributed by atoms with Crippen LogP contribution >= 0.6 is 0 Å². The fourth-order valence-corrected chi connectivity index (χ4v) is 2.73. The van der Waals surface area contributed by atoms with E-state index in [1.807, 2.05) is 63.3 Å². The van der Waals surface area contributed by atoms with E-state index in [4.69, 9.17) is 9.73 Å². The highest BCUT2D eigenvalue weighted by molar-refractivity contribution is 5.93. The maximum atomic E-state index is 12.7. The first-order valence-electron chi connectivity index (χ1n) is 8.37. The van der Waals surface area contributed by atoms with Crippen LogP contribution in [0.15, 0.2) is 41.4 Å². The summed E-state index contributed by atoms with van der Waals surface area (Å²) < 4.78 is 5.64. The summed E-state index contributed by atoms with van der Waals surface area (Å²) in [6, 6.07) is 10.1. The molecule has 3 nitrogen and oxygen atoms in total. The Morgan fingerprint density at radius 3 is 2.57 bits per heavy atom. The lowest BCUT2D eigenvalue weighted by molar-refractivity contribution is -0.161. The summed E-state index contributed by atoms with van der Waals surface area (Å²) >= 11 is 0. The zero-order chi connectivity index (χ0) is 16.9. The van der Waals surface area contributed by atoms with Crippen LogP contribution < -0.4 is 0 Å². The van der Waals surface area contributed by atoms with E-state index in [1.54, 1.807) is 0 Å². The van der Waals surface area contributed by atoms with Gasteiger partial charge in [0, 0.05) is 12.1 Å². The molecule has 1 aromatic carbocycles. The summed E-state index contributed by atoms with van der Waals surface area (Å²) in [4.78, 5) is 17.5. The van der Waals surface area contributed by atoms with Crippen LogP contribution in [0.2, 0.25) is 0 Å². The van der Waals surface area contributed by atoms with Crippen LogP contribution in [0.3, 0.4) is 0 Å². The summed E-state index contributed by atoms with van der Waals surface area (Å²) in [6.45, 7) is 7.79. The van der Waals surface area contributed by atoms with Crippen molar-refractivity contribution < 1.29 is 9.53 Å². The second kappa shape index (κ2) is 7.12. The number of rotatable bonds is 5. The number of nitrogens with zero attached hydrogens (tertiary/aromatic N) is 1. The van der Waals surface area contributed by atoms with Crippen molar-refractivity contribution in [2.45, 2.75) is 64.5 Å². The predicted molar refractivity (Wildman–Crippen MR) is 95.6 cm³/mol. The first kappa shape index (κ1) is 17.5. The Hall–Kier alpha value is -1.90. The molecule has 3 heteroatoms. The molecule has 0 spiro atoms. The molecule has 1 aliphatic rings. The van der Waals surface area contributed by atoms with Crippen LogP contribution in [0.25, 0.3) is 6.08 Å². The topological polar surface area (TPSA) is 38.7 Å². The fourth-order valence-electron chi connectivity index (χ4n) is 2.73. The lowest BCUT2D eigenvalue weighted by Crippen LogP contribution is -2.40. The van der Waals surface area contributed by atoms with Crippen LogP contribution in [0.5, 0.6) is 0 Å². The fraction of sp³-hybridized carbons (Fsp3) is 0.500. The van der Waals surface area contributed by atoms with Crippen molar-refractivity contribution in [3.63, 3.8) is 0 Å². The molecule has 2 rings (SSSR count). The Morgan fingerprint density at radius 2 is 2.00 bits per heavy atom. The van der Waals surface area contributed by atoms with Crippen LogP contribution in [-0.4, -0.2) is 22.8 Å². The Morgan fingerprint density at radius 1 is 1.30 bits per heavy atom. The lowest BCUT2D eigenvalue weighted by atomic mass is 9.91. The maximum Gasteiger partial charge on any atom is 0.334 e. The minimum absolute atomic E-state index is 0.203. The lowest BCUT2D eigenvalue weighted by Gasteiger charge is -2.28. The monoisotopic (exact) mass is 313 g/mol. The molecule has 1 aromatic rings. The normalized spacial score (nSPS) is 21.5. The van der Waals surface area contributed by atoms with Gasteiger partial charge in [-0.25, -0.2) is 4.79 Å². The van der Waals surface area contributed by atoms with Crippen molar-refractivity contribution in [3.05, 3.63) is 42.0 Å². The largest absolute Gasteiger partial charge is 0.458 e. The van der Waals surface area contributed by atoms with E-state index in [2.05, 4.69) is 6.92 Å². The van der Waals surface area contributed by atoms with Gasteiger partial charge in [0.15, 0.2) is 5.54 Å². The third kappa shape index (κ3) is 4.78. The molecule has 0 radical (unpaired) electrons. The number of ether oxygens (including phenoxy) is 1. The van der Waals surface area contributed by atoms with Gasteiger partial charge in [-0.3, -0.25) is 4.99 Å². The number of carbonyl (C=O) groups excluding carboxylic acids is 1. The number of benzene rings is 1. The van der Waals surface area contributed by atoms with Crippen molar-refractivity contribution in [3.8, 4) is 0 Å². The highest BCUT2D eigenvalue weighted by Crippen LogP contribution is 2.34. The molecule has 0 amide bonds. The molecule has 1 aliphatic heterocycles. The van der Waals surface area contributed by atoms with E-state index in [9.17, 15) is 4.79 Å². The molecule has 0 fully saturated rings. The smallest absolute Gasteiger partial charge is 0.334 e. The van der Waals surface area contributed by atoms with Gasteiger partial charge in [-0.1, -0.05) is 49.4 Å². The molecule has 0 saturated heterocycles. The average Bonchev–Trinajstić information content (AvgIpc) is 2.92. The molecule has 0 aromatic heterocycles.